The van der Waals surface area contributed by atoms with Gasteiger partial charge in [0.05, 0.1) is 19.3 Å². The molecule has 4 nitrogen and oxygen atoms in total. The van der Waals surface area contributed by atoms with Crippen molar-refractivity contribution in [3.63, 3.8) is 0 Å². The molecule has 1 heterocycles. The maximum atomic E-state index is 5.83. The van der Waals surface area contributed by atoms with E-state index in [9.17, 15) is 0 Å². The van der Waals surface area contributed by atoms with Gasteiger partial charge in [-0.15, -0.1) is 0 Å². The second kappa shape index (κ2) is 8.04. The van der Waals surface area contributed by atoms with Crippen LogP contribution in [0, 0.1) is 0 Å². The zero-order valence-corrected chi connectivity index (χ0v) is 12.2. The number of hydrogen-bond donors (Lipinski definition) is 1. The summed E-state index contributed by atoms with van der Waals surface area (Å²) in [5.74, 6) is 0.978. The van der Waals surface area contributed by atoms with E-state index in [1.165, 1.54) is 0 Å². The number of nitrogens with one attached hydrogen (secondary N) is 1. The molecule has 0 bridgehead atoms. The van der Waals surface area contributed by atoms with Crippen molar-refractivity contribution in [3.05, 3.63) is 36.1 Å². The quantitative estimate of drug-likeness (QED) is 0.715. The Hall–Kier alpha value is -1.36. The lowest BCUT2D eigenvalue weighted by molar-refractivity contribution is 0.0692. The fraction of sp³-hybridized carbons (Fsp3) is 0.500. The van der Waals surface area contributed by atoms with Crippen molar-refractivity contribution in [2.24, 2.45) is 0 Å². The van der Waals surface area contributed by atoms with Crippen LogP contribution < -0.4 is 5.32 Å². The summed E-state index contributed by atoms with van der Waals surface area (Å²) in [4.78, 5) is 0. The van der Waals surface area contributed by atoms with Crippen molar-refractivity contribution >= 4 is 11.0 Å². The number of fused-ring (bicyclic) bond motifs is 1. The summed E-state index contributed by atoms with van der Waals surface area (Å²) >= 11 is 0. The average molecular weight is 277 g/mol. The molecule has 110 valence electrons. The van der Waals surface area contributed by atoms with Gasteiger partial charge in [-0.05, 0) is 32.0 Å². The van der Waals surface area contributed by atoms with Crippen LogP contribution in [-0.4, -0.2) is 33.5 Å². The summed E-state index contributed by atoms with van der Waals surface area (Å²) in [5, 5.41) is 4.60. The molecular weight excluding hydrogens is 254 g/mol. The smallest absolute Gasteiger partial charge is 0.134 e. The van der Waals surface area contributed by atoms with E-state index >= 15 is 0 Å². The molecule has 1 unspecified atom stereocenters. The van der Waals surface area contributed by atoms with Crippen molar-refractivity contribution in [2.45, 2.75) is 19.4 Å². The predicted molar refractivity (Wildman–Crippen MR) is 79.9 cm³/mol. The summed E-state index contributed by atoms with van der Waals surface area (Å²) in [7, 11) is 1.68. The van der Waals surface area contributed by atoms with E-state index in [1.807, 2.05) is 18.2 Å². The van der Waals surface area contributed by atoms with Crippen LogP contribution in [0.4, 0.5) is 0 Å². The lowest BCUT2D eigenvalue weighted by atomic mass is 10.2. The minimum absolute atomic E-state index is 0.210. The minimum atomic E-state index is 0.210. The molecule has 4 heteroatoms. The van der Waals surface area contributed by atoms with Gasteiger partial charge in [0.15, 0.2) is 0 Å². The molecule has 0 aliphatic rings. The highest BCUT2D eigenvalue weighted by Crippen LogP contribution is 2.23. The van der Waals surface area contributed by atoms with Gasteiger partial charge in [-0.25, -0.2) is 0 Å². The second-order valence-corrected chi connectivity index (χ2v) is 4.82. The Morgan fingerprint density at radius 2 is 2.05 bits per heavy atom. The van der Waals surface area contributed by atoms with Gasteiger partial charge < -0.3 is 19.2 Å². The zero-order valence-electron chi connectivity index (χ0n) is 12.2. The minimum Gasteiger partial charge on any atom is -0.459 e. The molecule has 20 heavy (non-hydrogen) atoms. The molecule has 1 atom stereocenters. The van der Waals surface area contributed by atoms with Crippen LogP contribution in [-0.2, 0) is 9.47 Å². The van der Waals surface area contributed by atoms with E-state index in [0.29, 0.717) is 13.2 Å². The Labute approximate surface area is 120 Å². The Morgan fingerprint density at radius 3 is 2.85 bits per heavy atom. The summed E-state index contributed by atoms with van der Waals surface area (Å²) in [6, 6.07) is 10.4. The molecule has 0 aliphatic carbocycles. The first-order valence-corrected chi connectivity index (χ1v) is 7.10. The monoisotopic (exact) mass is 277 g/mol. The van der Waals surface area contributed by atoms with Gasteiger partial charge >= 0.3 is 0 Å². The number of rotatable bonds is 9. The van der Waals surface area contributed by atoms with Crippen LogP contribution >= 0.6 is 0 Å². The third kappa shape index (κ3) is 4.34. The number of ether oxygens (including phenoxy) is 2. The number of para-hydroxylation sites is 1. The number of benzene rings is 1. The van der Waals surface area contributed by atoms with E-state index in [-0.39, 0.29) is 6.04 Å². The molecule has 2 aromatic rings. The van der Waals surface area contributed by atoms with Crippen LogP contribution in [0.2, 0.25) is 0 Å². The van der Waals surface area contributed by atoms with E-state index < -0.39 is 0 Å². The summed E-state index contributed by atoms with van der Waals surface area (Å²) in [6.45, 7) is 5.09. The van der Waals surface area contributed by atoms with Gasteiger partial charge in [-0.1, -0.05) is 18.2 Å². The fourth-order valence-electron chi connectivity index (χ4n) is 2.05. The van der Waals surface area contributed by atoms with E-state index in [1.54, 1.807) is 7.11 Å². The molecule has 0 saturated heterocycles. The number of hydrogen-bond acceptors (Lipinski definition) is 4. The van der Waals surface area contributed by atoms with Crippen LogP contribution in [0.5, 0.6) is 0 Å². The predicted octanol–water partition coefficient (Wildman–Crippen LogP) is 3.14. The lowest BCUT2D eigenvalue weighted by Crippen LogP contribution is -2.20. The van der Waals surface area contributed by atoms with Gasteiger partial charge in [-0.2, -0.15) is 0 Å². The molecule has 0 saturated carbocycles. The van der Waals surface area contributed by atoms with E-state index in [2.05, 4.69) is 24.4 Å². The molecule has 1 aromatic carbocycles. The van der Waals surface area contributed by atoms with Crippen molar-refractivity contribution in [1.82, 2.24) is 5.32 Å². The molecule has 0 radical (unpaired) electrons. The summed E-state index contributed by atoms with van der Waals surface area (Å²) in [5.41, 5.74) is 0.944. The Kier molecular flexibility index (Phi) is 6.05. The fourth-order valence-corrected chi connectivity index (χ4v) is 2.05. The molecule has 0 spiro atoms. The van der Waals surface area contributed by atoms with Crippen LogP contribution in [0.15, 0.2) is 34.7 Å². The highest BCUT2D eigenvalue weighted by atomic mass is 16.5. The van der Waals surface area contributed by atoms with E-state index in [4.69, 9.17) is 13.9 Å². The van der Waals surface area contributed by atoms with Gasteiger partial charge in [0, 0.05) is 19.1 Å². The zero-order chi connectivity index (χ0) is 14.2. The molecule has 1 aromatic heterocycles. The third-order valence-electron chi connectivity index (χ3n) is 3.22. The normalized spacial score (nSPS) is 12.9. The average Bonchev–Trinajstić information content (AvgIpc) is 2.90. The van der Waals surface area contributed by atoms with Crippen molar-refractivity contribution in [3.8, 4) is 0 Å². The van der Waals surface area contributed by atoms with E-state index in [0.717, 1.165) is 36.3 Å². The van der Waals surface area contributed by atoms with Gasteiger partial charge in [0.1, 0.15) is 11.3 Å². The van der Waals surface area contributed by atoms with Gasteiger partial charge in [0.25, 0.3) is 0 Å². The van der Waals surface area contributed by atoms with Crippen molar-refractivity contribution < 1.29 is 13.9 Å². The van der Waals surface area contributed by atoms with Crippen molar-refractivity contribution in [1.29, 1.82) is 0 Å². The largest absolute Gasteiger partial charge is 0.459 e. The molecule has 1 N–H and O–H groups in total. The molecule has 0 amide bonds. The molecule has 2 rings (SSSR count). The number of methoxy groups -OCH3 is 1. The SMILES string of the molecule is COCCOCCCNC(C)c1cc2ccccc2o1. The molecule has 0 aliphatic heterocycles. The number of furan rings is 1. The van der Waals surface area contributed by atoms with Crippen LogP contribution in [0.25, 0.3) is 11.0 Å². The second-order valence-electron chi connectivity index (χ2n) is 4.82. The molecular formula is C16H23NO3. The highest BCUT2D eigenvalue weighted by molar-refractivity contribution is 5.77. The Bertz CT molecular complexity index is 476. The standard InChI is InChI=1S/C16H23NO3/c1-13(17-8-5-9-19-11-10-18-2)16-12-14-6-3-4-7-15(14)20-16/h3-4,6-7,12-13,17H,5,8-11H2,1-2H3. The summed E-state index contributed by atoms with van der Waals surface area (Å²) in [6.07, 6.45) is 0.980. The first-order chi connectivity index (χ1) is 9.81. The van der Waals surface area contributed by atoms with Crippen LogP contribution in [0.1, 0.15) is 25.1 Å². The topological polar surface area (TPSA) is 43.6 Å². The maximum absolute atomic E-state index is 5.83. The molecule has 0 fully saturated rings. The highest BCUT2D eigenvalue weighted by Gasteiger charge is 2.10. The van der Waals surface area contributed by atoms with Gasteiger partial charge in [-0.3, -0.25) is 0 Å². The Morgan fingerprint density at radius 1 is 1.20 bits per heavy atom. The lowest BCUT2D eigenvalue weighted by Gasteiger charge is -2.11. The maximum Gasteiger partial charge on any atom is 0.134 e. The van der Waals surface area contributed by atoms with Gasteiger partial charge in [0.2, 0.25) is 0 Å². The van der Waals surface area contributed by atoms with Crippen LogP contribution in [0.3, 0.4) is 0 Å². The summed E-state index contributed by atoms with van der Waals surface area (Å²) < 4.78 is 16.2. The Balaban J connectivity index is 1.70. The van der Waals surface area contributed by atoms with Crippen molar-refractivity contribution in [2.75, 3.05) is 33.5 Å². The first-order valence-electron chi connectivity index (χ1n) is 7.10. The third-order valence-corrected chi connectivity index (χ3v) is 3.22. The first kappa shape index (κ1) is 15.0.